The number of nitrogens with zero attached hydrogens (tertiary/aromatic N) is 4. The quantitative estimate of drug-likeness (QED) is 0.190. The van der Waals surface area contributed by atoms with Gasteiger partial charge in [0.2, 0.25) is 5.95 Å². The lowest BCUT2D eigenvalue weighted by atomic mass is 9.80. The van der Waals surface area contributed by atoms with E-state index in [0.29, 0.717) is 5.95 Å². The van der Waals surface area contributed by atoms with Crippen molar-refractivity contribution < 1.29 is 0 Å². The lowest BCUT2D eigenvalue weighted by molar-refractivity contribution is 0.542. The zero-order valence-electron chi connectivity index (χ0n) is 28.0. The third-order valence-corrected chi connectivity index (χ3v) is 11.2. The summed E-state index contributed by atoms with van der Waals surface area (Å²) in [4.78, 5) is 13.3. The molecule has 2 atom stereocenters. The minimum absolute atomic E-state index is 0.238. The number of aromatic nitrogens is 3. The van der Waals surface area contributed by atoms with Crippen LogP contribution in [-0.2, 0) is 0 Å². The maximum absolute atomic E-state index is 5.46. The van der Waals surface area contributed by atoms with E-state index in [2.05, 4.69) is 186 Å². The molecule has 1 aliphatic heterocycles. The van der Waals surface area contributed by atoms with Crippen molar-refractivity contribution in [2.45, 2.75) is 18.4 Å². The summed E-state index contributed by atoms with van der Waals surface area (Å²) in [5.74, 6) is 0.924. The predicted octanol–water partition coefficient (Wildman–Crippen LogP) is 11.8. The molecular weight excluding hydrogens is 621 g/mol. The van der Waals surface area contributed by atoms with Gasteiger partial charge in [-0.15, -0.1) is 0 Å². The second-order valence-corrected chi connectivity index (χ2v) is 14.0. The minimum Gasteiger partial charge on any atom is -0.331 e. The largest absolute Gasteiger partial charge is 0.331 e. The van der Waals surface area contributed by atoms with Gasteiger partial charge in [0.25, 0.3) is 0 Å². The predicted molar refractivity (Wildman–Crippen MR) is 212 cm³/mol. The van der Waals surface area contributed by atoms with E-state index in [4.69, 9.17) is 9.97 Å². The first-order valence-electron chi connectivity index (χ1n) is 17.6. The molecule has 0 N–H and O–H groups in total. The first kappa shape index (κ1) is 28.3. The van der Waals surface area contributed by atoms with E-state index in [1.165, 1.54) is 43.6 Å². The van der Waals surface area contributed by atoms with Crippen molar-refractivity contribution in [3.63, 3.8) is 0 Å². The molecule has 0 amide bonds. The number of para-hydroxylation sites is 2. The highest BCUT2D eigenvalue weighted by molar-refractivity contribution is 6.21. The smallest absolute Gasteiger partial charge is 0.235 e. The van der Waals surface area contributed by atoms with Crippen LogP contribution in [0, 0.1) is 0 Å². The van der Waals surface area contributed by atoms with Crippen LogP contribution < -0.4 is 4.90 Å². The average Bonchev–Trinajstić information content (AvgIpc) is 3.66. The summed E-state index contributed by atoms with van der Waals surface area (Å²) in [5.41, 5.74) is 8.59. The number of fused-ring (bicyclic) bond motifs is 10. The molecule has 3 heterocycles. The Labute approximate surface area is 295 Å². The van der Waals surface area contributed by atoms with Crippen LogP contribution in [0.25, 0.3) is 71.5 Å². The molecule has 0 saturated heterocycles. The van der Waals surface area contributed by atoms with Crippen LogP contribution in [0.1, 0.15) is 18.4 Å². The van der Waals surface area contributed by atoms with Crippen molar-refractivity contribution in [1.29, 1.82) is 0 Å². The van der Waals surface area contributed by atoms with Gasteiger partial charge in [0, 0.05) is 39.0 Å². The van der Waals surface area contributed by atoms with Crippen LogP contribution in [0.15, 0.2) is 170 Å². The van der Waals surface area contributed by atoms with Gasteiger partial charge in [0.1, 0.15) is 0 Å². The molecule has 0 saturated carbocycles. The minimum atomic E-state index is -0.238. The highest BCUT2D eigenvalue weighted by Gasteiger charge is 2.46. The summed E-state index contributed by atoms with van der Waals surface area (Å²) in [7, 11) is 0. The summed E-state index contributed by atoms with van der Waals surface area (Å²) < 4.78 is 2.29. The highest BCUT2D eigenvalue weighted by Crippen LogP contribution is 2.54. The van der Waals surface area contributed by atoms with Gasteiger partial charge >= 0.3 is 0 Å². The maximum atomic E-state index is 5.46. The molecule has 11 rings (SSSR count). The Morgan fingerprint density at radius 3 is 2.27 bits per heavy atom. The van der Waals surface area contributed by atoms with Crippen molar-refractivity contribution in [2.24, 2.45) is 0 Å². The Hall–Kier alpha value is -6.52. The molecule has 2 unspecified atom stereocenters. The third-order valence-electron chi connectivity index (χ3n) is 11.2. The first-order chi connectivity index (χ1) is 25.2. The molecule has 0 spiro atoms. The molecule has 2 aliphatic rings. The number of benzene rings is 7. The summed E-state index contributed by atoms with van der Waals surface area (Å²) in [6.45, 7) is 2.35. The Morgan fingerprint density at radius 2 is 1.35 bits per heavy atom. The molecule has 7 aromatic carbocycles. The van der Waals surface area contributed by atoms with Crippen molar-refractivity contribution in [1.82, 2.24) is 14.5 Å². The molecule has 0 fully saturated rings. The second-order valence-electron chi connectivity index (χ2n) is 14.0. The molecular formula is C47H32N4. The Balaban J connectivity index is 1.22. The number of rotatable bonds is 3. The second kappa shape index (κ2) is 10.5. The average molecular weight is 653 g/mol. The number of allylic oxidation sites excluding steroid dienone is 2. The van der Waals surface area contributed by atoms with E-state index in [1.807, 2.05) is 0 Å². The standard InChI is InChI=1S/C47H32N4/c1-47-27-11-10-18-39(47)36-16-7-9-20-41(36)51(47)34-24-25-38-43(29-34)50(42-26-23-31-13-4-5-15-35(31)44(38)42)46-48-40-19-8-6-17-37(40)45(49-46)33-22-21-30-12-2-3-14-32(30)28-33/h2-29,39H,1H3. The topological polar surface area (TPSA) is 34.0 Å². The van der Waals surface area contributed by atoms with Gasteiger partial charge in [-0.2, -0.15) is 0 Å². The van der Waals surface area contributed by atoms with Gasteiger partial charge in [0.15, 0.2) is 0 Å². The van der Waals surface area contributed by atoms with E-state index in [9.17, 15) is 0 Å². The normalized spacial score (nSPS) is 18.0. The van der Waals surface area contributed by atoms with Crippen LogP contribution in [0.5, 0.6) is 0 Å². The molecule has 0 bridgehead atoms. The Bertz CT molecular complexity index is 2970. The molecule has 4 heteroatoms. The van der Waals surface area contributed by atoms with E-state index in [-0.39, 0.29) is 11.5 Å². The molecule has 51 heavy (non-hydrogen) atoms. The third kappa shape index (κ3) is 4.02. The van der Waals surface area contributed by atoms with Crippen molar-refractivity contribution >= 4 is 65.6 Å². The fourth-order valence-electron chi connectivity index (χ4n) is 8.84. The summed E-state index contributed by atoms with van der Waals surface area (Å²) in [6, 6.07) is 52.5. The number of hydrogen-bond donors (Lipinski definition) is 0. The fraction of sp³-hybridized carbons (Fsp3) is 0.0638. The van der Waals surface area contributed by atoms with Crippen LogP contribution in [0.4, 0.5) is 11.4 Å². The molecule has 240 valence electrons. The summed E-state index contributed by atoms with van der Waals surface area (Å²) in [5, 5.41) is 8.27. The lowest BCUT2D eigenvalue weighted by Gasteiger charge is -2.39. The maximum Gasteiger partial charge on any atom is 0.235 e. The van der Waals surface area contributed by atoms with Gasteiger partial charge in [-0.25, -0.2) is 9.97 Å². The molecule has 2 aromatic heterocycles. The Kier molecular flexibility index (Phi) is 5.83. The van der Waals surface area contributed by atoms with Crippen LogP contribution in [0.3, 0.4) is 0 Å². The zero-order valence-corrected chi connectivity index (χ0v) is 28.0. The van der Waals surface area contributed by atoms with Gasteiger partial charge < -0.3 is 4.90 Å². The van der Waals surface area contributed by atoms with E-state index < -0.39 is 0 Å². The van der Waals surface area contributed by atoms with Gasteiger partial charge in [-0.05, 0) is 70.4 Å². The highest BCUT2D eigenvalue weighted by atomic mass is 15.2. The lowest BCUT2D eigenvalue weighted by Crippen LogP contribution is -2.41. The number of anilines is 2. The molecule has 0 radical (unpaired) electrons. The van der Waals surface area contributed by atoms with Gasteiger partial charge in [-0.1, -0.05) is 133 Å². The fourth-order valence-corrected chi connectivity index (χ4v) is 8.84. The van der Waals surface area contributed by atoms with Crippen LogP contribution in [-0.4, -0.2) is 20.1 Å². The van der Waals surface area contributed by atoms with E-state index in [1.54, 1.807) is 0 Å². The van der Waals surface area contributed by atoms with Crippen molar-refractivity contribution in [3.05, 3.63) is 175 Å². The van der Waals surface area contributed by atoms with E-state index in [0.717, 1.165) is 38.9 Å². The molecule has 9 aromatic rings. The van der Waals surface area contributed by atoms with Crippen LogP contribution in [0.2, 0.25) is 0 Å². The van der Waals surface area contributed by atoms with Gasteiger partial charge in [0.05, 0.1) is 27.8 Å². The first-order valence-corrected chi connectivity index (χ1v) is 17.6. The summed E-state index contributed by atoms with van der Waals surface area (Å²) in [6.07, 6.45) is 9.07. The zero-order chi connectivity index (χ0) is 33.7. The van der Waals surface area contributed by atoms with Crippen molar-refractivity contribution in [2.75, 3.05) is 4.90 Å². The van der Waals surface area contributed by atoms with Crippen LogP contribution >= 0.6 is 0 Å². The van der Waals surface area contributed by atoms with Gasteiger partial charge in [-0.3, -0.25) is 4.57 Å². The SMILES string of the molecule is CC12C=CC=CC1c1ccccc1N2c1ccc2c3c4ccccc4ccc3n(-c3nc(-c4ccc5ccccc5c4)c4ccccc4n3)c2c1. The molecule has 4 nitrogen and oxygen atoms in total. The Morgan fingerprint density at radius 1 is 0.588 bits per heavy atom. The van der Waals surface area contributed by atoms with Crippen molar-refractivity contribution in [3.8, 4) is 17.2 Å². The number of hydrogen-bond acceptors (Lipinski definition) is 3. The monoisotopic (exact) mass is 652 g/mol. The van der Waals surface area contributed by atoms with E-state index >= 15 is 0 Å². The molecule has 1 aliphatic carbocycles. The summed E-state index contributed by atoms with van der Waals surface area (Å²) >= 11 is 0.